The average molecular weight is 544 g/mol. The predicted octanol–water partition coefficient (Wildman–Crippen LogP) is 4.27. The zero-order valence-electron chi connectivity index (χ0n) is 22.3. The SMILES string of the molecule is CN(C)c1ccc(NC(=O)CSc2nc3ccc(N4CCOCC4)cc3c(=O)n2CCc2ccccc2)cc1. The normalized spacial score (nSPS) is 13.4. The fourth-order valence-electron chi connectivity index (χ4n) is 4.57. The van der Waals surface area contributed by atoms with Gasteiger partial charge in [-0.25, -0.2) is 4.98 Å². The summed E-state index contributed by atoms with van der Waals surface area (Å²) in [5.41, 5.74) is 4.47. The molecule has 2 heterocycles. The topological polar surface area (TPSA) is 79.7 Å². The molecular weight excluding hydrogens is 510 g/mol. The fourth-order valence-corrected chi connectivity index (χ4v) is 5.40. The molecule has 0 atom stereocenters. The molecule has 0 saturated carbocycles. The summed E-state index contributed by atoms with van der Waals surface area (Å²) in [4.78, 5) is 35.7. The van der Waals surface area contributed by atoms with Crippen molar-refractivity contribution in [3.05, 3.63) is 88.7 Å². The predicted molar refractivity (Wildman–Crippen MR) is 159 cm³/mol. The summed E-state index contributed by atoms with van der Waals surface area (Å²) in [7, 11) is 3.95. The first-order valence-corrected chi connectivity index (χ1v) is 14.1. The maximum absolute atomic E-state index is 13.8. The third kappa shape index (κ3) is 6.61. The first kappa shape index (κ1) is 26.8. The van der Waals surface area contributed by atoms with E-state index < -0.39 is 0 Å². The van der Waals surface area contributed by atoms with Gasteiger partial charge in [0.2, 0.25) is 5.91 Å². The molecule has 0 bridgehead atoms. The first-order chi connectivity index (χ1) is 19.0. The molecule has 3 aromatic carbocycles. The molecule has 1 fully saturated rings. The van der Waals surface area contributed by atoms with Crippen LogP contribution in [0, 0.1) is 0 Å². The Kier molecular flexibility index (Phi) is 8.48. The van der Waals surface area contributed by atoms with Crippen LogP contribution in [0.4, 0.5) is 17.1 Å². The first-order valence-electron chi connectivity index (χ1n) is 13.1. The number of aryl methyl sites for hydroxylation is 1. The van der Waals surface area contributed by atoms with Gasteiger partial charge in [0.25, 0.3) is 5.56 Å². The van der Waals surface area contributed by atoms with Gasteiger partial charge in [-0.2, -0.15) is 0 Å². The Morgan fingerprint density at radius 3 is 2.49 bits per heavy atom. The minimum Gasteiger partial charge on any atom is -0.378 e. The van der Waals surface area contributed by atoms with Crippen LogP contribution in [0.2, 0.25) is 0 Å². The number of anilines is 3. The summed E-state index contributed by atoms with van der Waals surface area (Å²) >= 11 is 1.28. The van der Waals surface area contributed by atoms with Gasteiger partial charge in [0.05, 0.1) is 29.9 Å². The van der Waals surface area contributed by atoms with E-state index in [-0.39, 0.29) is 17.2 Å². The molecule has 202 valence electrons. The highest BCUT2D eigenvalue weighted by Crippen LogP contribution is 2.24. The van der Waals surface area contributed by atoms with Crippen LogP contribution in [-0.4, -0.2) is 61.6 Å². The maximum atomic E-state index is 13.8. The van der Waals surface area contributed by atoms with E-state index in [1.54, 1.807) is 4.57 Å². The fraction of sp³-hybridized carbons (Fsp3) is 0.300. The number of nitrogens with zero attached hydrogens (tertiary/aromatic N) is 4. The molecule has 1 aliphatic rings. The van der Waals surface area contributed by atoms with E-state index >= 15 is 0 Å². The Labute approximate surface area is 232 Å². The van der Waals surface area contributed by atoms with Gasteiger partial charge in [-0.05, 0) is 54.4 Å². The molecule has 1 saturated heterocycles. The molecule has 1 aromatic heterocycles. The van der Waals surface area contributed by atoms with Gasteiger partial charge < -0.3 is 19.9 Å². The second kappa shape index (κ2) is 12.4. The Morgan fingerprint density at radius 1 is 1.03 bits per heavy atom. The van der Waals surface area contributed by atoms with Crippen molar-refractivity contribution in [2.45, 2.75) is 18.1 Å². The summed E-state index contributed by atoms with van der Waals surface area (Å²) in [6.07, 6.45) is 0.690. The molecule has 4 aromatic rings. The van der Waals surface area contributed by atoms with Gasteiger partial charge in [-0.15, -0.1) is 0 Å². The Hall–Kier alpha value is -3.82. The molecule has 1 aliphatic heterocycles. The number of carbonyl (C=O) groups is 1. The lowest BCUT2D eigenvalue weighted by Crippen LogP contribution is -2.36. The van der Waals surface area contributed by atoms with E-state index in [0.29, 0.717) is 42.2 Å². The zero-order valence-corrected chi connectivity index (χ0v) is 23.1. The molecule has 0 aliphatic carbocycles. The number of amides is 1. The van der Waals surface area contributed by atoms with Gasteiger partial charge in [-0.1, -0.05) is 42.1 Å². The summed E-state index contributed by atoms with van der Waals surface area (Å²) in [5, 5.41) is 4.07. The minimum absolute atomic E-state index is 0.0896. The van der Waals surface area contributed by atoms with Crippen molar-refractivity contribution in [2.75, 3.05) is 61.3 Å². The van der Waals surface area contributed by atoms with E-state index in [9.17, 15) is 9.59 Å². The van der Waals surface area contributed by atoms with Gasteiger partial charge in [0.1, 0.15) is 0 Å². The van der Waals surface area contributed by atoms with Crippen molar-refractivity contribution in [1.29, 1.82) is 0 Å². The van der Waals surface area contributed by atoms with Crippen molar-refractivity contribution in [1.82, 2.24) is 9.55 Å². The summed E-state index contributed by atoms with van der Waals surface area (Å²) in [5.74, 6) is -0.00544. The molecule has 0 unspecified atom stereocenters. The van der Waals surface area contributed by atoms with E-state index in [0.717, 1.165) is 35.7 Å². The standard InChI is InChI=1S/C30H33N5O3S/c1-33(2)24-10-8-23(9-11-24)31-28(36)21-39-30-32-27-13-12-25(34-16-18-38-19-17-34)20-26(27)29(37)35(30)15-14-22-6-4-3-5-7-22/h3-13,20H,14-19,21H2,1-2H3,(H,31,36). The van der Waals surface area contributed by atoms with Crippen LogP contribution in [0.5, 0.6) is 0 Å². The molecule has 0 spiro atoms. The zero-order chi connectivity index (χ0) is 27.2. The largest absolute Gasteiger partial charge is 0.378 e. The summed E-state index contributed by atoms with van der Waals surface area (Å²) in [6.45, 7) is 3.41. The Morgan fingerprint density at radius 2 is 1.77 bits per heavy atom. The Bertz CT molecular complexity index is 1480. The summed E-state index contributed by atoms with van der Waals surface area (Å²) in [6, 6.07) is 23.6. The van der Waals surface area contributed by atoms with Gasteiger partial charge in [0.15, 0.2) is 5.16 Å². The van der Waals surface area contributed by atoms with Crippen molar-refractivity contribution in [3.63, 3.8) is 0 Å². The molecule has 8 nitrogen and oxygen atoms in total. The van der Waals surface area contributed by atoms with Crippen LogP contribution < -0.4 is 20.7 Å². The smallest absolute Gasteiger partial charge is 0.262 e. The quantitative estimate of drug-likeness (QED) is 0.249. The van der Waals surface area contributed by atoms with E-state index in [1.165, 1.54) is 11.8 Å². The number of morpholine rings is 1. The highest BCUT2D eigenvalue weighted by atomic mass is 32.2. The van der Waals surface area contributed by atoms with Crippen LogP contribution in [-0.2, 0) is 22.5 Å². The Balaban J connectivity index is 1.39. The molecular formula is C30H33N5O3S. The number of thioether (sulfide) groups is 1. The van der Waals surface area contributed by atoms with Crippen molar-refractivity contribution in [3.8, 4) is 0 Å². The lowest BCUT2D eigenvalue weighted by Gasteiger charge is -2.29. The van der Waals surface area contributed by atoms with Crippen LogP contribution in [0.25, 0.3) is 10.9 Å². The van der Waals surface area contributed by atoms with Gasteiger partial charge in [-0.3, -0.25) is 14.2 Å². The monoisotopic (exact) mass is 543 g/mol. The number of nitrogens with one attached hydrogen (secondary N) is 1. The van der Waals surface area contributed by atoms with Crippen molar-refractivity contribution in [2.24, 2.45) is 0 Å². The maximum Gasteiger partial charge on any atom is 0.262 e. The number of aromatic nitrogens is 2. The van der Waals surface area contributed by atoms with E-state index in [2.05, 4.69) is 22.3 Å². The number of benzene rings is 3. The third-order valence-electron chi connectivity index (χ3n) is 6.75. The van der Waals surface area contributed by atoms with Crippen LogP contribution in [0.15, 0.2) is 82.7 Å². The number of carbonyl (C=O) groups excluding carboxylic acids is 1. The van der Waals surface area contributed by atoms with Gasteiger partial charge in [0, 0.05) is 50.8 Å². The number of hydrogen-bond acceptors (Lipinski definition) is 7. The van der Waals surface area contributed by atoms with E-state index in [1.807, 2.05) is 79.7 Å². The molecule has 5 rings (SSSR count). The second-order valence-corrected chi connectivity index (χ2v) is 10.6. The molecule has 39 heavy (non-hydrogen) atoms. The highest BCUT2D eigenvalue weighted by molar-refractivity contribution is 7.99. The second-order valence-electron chi connectivity index (χ2n) is 9.67. The summed E-state index contributed by atoms with van der Waals surface area (Å²) < 4.78 is 7.19. The average Bonchev–Trinajstić information content (AvgIpc) is 2.97. The van der Waals surface area contributed by atoms with Crippen LogP contribution in [0.3, 0.4) is 0 Å². The van der Waals surface area contributed by atoms with Crippen molar-refractivity contribution < 1.29 is 9.53 Å². The van der Waals surface area contributed by atoms with Gasteiger partial charge >= 0.3 is 0 Å². The molecule has 0 radical (unpaired) electrons. The molecule has 1 N–H and O–H groups in total. The van der Waals surface area contributed by atoms with Crippen LogP contribution >= 0.6 is 11.8 Å². The lowest BCUT2D eigenvalue weighted by molar-refractivity contribution is -0.113. The highest BCUT2D eigenvalue weighted by Gasteiger charge is 2.17. The number of ether oxygens (including phenoxy) is 1. The van der Waals surface area contributed by atoms with Crippen LogP contribution in [0.1, 0.15) is 5.56 Å². The van der Waals surface area contributed by atoms with E-state index in [4.69, 9.17) is 9.72 Å². The molecule has 1 amide bonds. The van der Waals surface area contributed by atoms with Crippen molar-refractivity contribution >= 4 is 45.6 Å². The number of fused-ring (bicyclic) bond motifs is 1. The third-order valence-corrected chi connectivity index (χ3v) is 7.72. The minimum atomic E-state index is -0.149. The molecule has 9 heteroatoms. The lowest BCUT2D eigenvalue weighted by atomic mass is 10.1. The number of rotatable bonds is 9. The number of hydrogen-bond donors (Lipinski definition) is 1.